The highest BCUT2D eigenvalue weighted by Gasteiger charge is 2.32. The quantitative estimate of drug-likeness (QED) is 0.791. The number of aliphatic carboxylic acids is 1. The van der Waals surface area contributed by atoms with Crippen molar-refractivity contribution in [2.24, 2.45) is 0 Å². The molecule has 2 unspecified atom stereocenters. The highest BCUT2D eigenvalue weighted by Crippen LogP contribution is 2.32. The molecule has 1 N–H and O–H groups in total. The van der Waals surface area contributed by atoms with Crippen LogP contribution in [0.4, 0.5) is 0 Å². The molecule has 0 aliphatic carbocycles. The van der Waals surface area contributed by atoms with Gasteiger partial charge < -0.3 is 9.84 Å². The van der Waals surface area contributed by atoms with Crippen molar-refractivity contribution in [3.05, 3.63) is 0 Å². The Morgan fingerprint density at radius 3 is 2.73 bits per heavy atom. The Morgan fingerprint density at radius 1 is 1.67 bits per heavy atom. The van der Waals surface area contributed by atoms with Crippen LogP contribution in [0, 0.1) is 0 Å². The number of ether oxygens (including phenoxy) is 1. The summed E-state index contributed by atoms with van der Waals surface area (Å²) in [5.74, 6) is 0.0913. The first-order valence-corrected chi connectivity index (χ1v) is 6.51. The van der Waals surface area contributed by atoms with Gasteiger partial charge in [0.25, 0.3) is 0 Å². The Morgan fingerprint density at radius 2 is 2.33 bits per heavy atom. The second-order valence-corrected chi connectivity index (χ2v) is 5.84. The first-order chi connectivity index (χ1) is 6.94. The fraction of sp³-hybridized carbons (Fsp3) is 0.909. The summed E-state index contributed by atoms with van der Waals surface area (Å²) in [6.45, 7) is 6.09. The summed E-state index contributed by atoms with van der Waals surface area (Å²) < 4.78 is 5.81. The van der Waals surface area contributed by atoms with E-state index in [-0.39, 0.29) is 17.0 Å². The van der Waals surface area contributed by atoms with Gasteiger partial charge in [-0.2, -0.15) is 0 Å². The molecular formula is C11H20O3S. The summed E-state index contributed by atoms with van der Waals surface area (Å²) >= 11 is 1.50. The fourth-order valence-electron chi connectivity index (χ4n) is 1.78. The summed E-state index contributed by atoms with van der Waals surface area (Å²) in [6.07, 6.45) is 3.03. The largest absolute Gasteiger partial charge is 0.480 e. The lowest BCUT2D eigenvalue weighted by molar-refractivity contribution is -0.136. The van der Waals surface area contributed by atoms with E-state index in [0.29, 0.717) is 6.42 Å². The summed E-state index contributed by atoms with van der Waals surface area (Å²) in [5.41, 5.74) is -0.0177. The topological polar surface area (TPSA) is 46.5 Å². The summed E-state index contributed by atoms with van der Waals surface area (Å²) in [4.78, 5) is 10.8. The highest BCUT2D eigenvalue weighted by molar-refractivity contribution is 8.00. The average Bonchev–Trinajstić information content (AvgIpc) is 2.46. The van der Waals surface area contributed by atoms with Crippen LogP contribution in [-0.2, 0) is 9.53 Å². The van der Waals surface area contributed by atoms with Gasteiger partial charge in [-0.05, 0) is 33.1 Å². The Hall–Kier alpha value is -0.220. The number of rotatable bonds is 5. The minimum Gasteiger partial charge on any atom is -0.480 e. The molecule has 0 spiro atoms. The second-order valence-electron chi connectivity index (χ2n) is 4.61. The van der Waals surface area contributed by atoms with Gasteiger partial charge in [-0.1, -0.05) is 6.92 Å². The van der Waals surface area contributed by atoms with Crippen molar-refractivity contribution in [3.63, 3.8) is 0 Å². The molecule has 1 aliphatic heterocycles. The van der Waals surface area contributed by atoms with Crippen LogP contribution in [0.15, 0.2) is 0 Å². The highest BCUT2D eigenvalue weighted by atomic mass is 32.2. The number of carboxylic acid groups (broad SMARTS) is 1. The van der Waals surface area contributed by atoms with E-state index < -0.39 is 5.97 Å². The number of carbonyl (C=O) groups is 1. The van der Waals surface area contributed by atoms with Gasteiger partial charge in [0, 0.05) is 5.75 Å². The maximum absolute atomic E-state index is 10.8. The standard InChI is InChI=1S/C11H20O3S/c1-4-9(10(12)13)15-7-8-5-6-11(2,3)14-8/h8-9H,4-7H2,1-3H3,(H,12,13). The molecule has 0 amide bonds. The summed E-state index contributed by atoms with van der Waals surface area (Å²) in [6, 6.07) is 0. The van der Waals surface area contributed by atoms with E-state index in [4.69, 9.17) is 9.84 Å². The lowest BCUT2D eigenvalue weighted by Crippen LogP contribution is -2.23. The maximum Gasteiger partial charge on any atom is 0.316 e. The summed E-state index contributed by atoms with van der Waals surface area (Å²) in [5, 5.41) is 8.61. The molecule has 3 nitrogen and oxygen atoms in total. The van der Waals surface area contributed by atoms with Crippen LogP contribution in [-0.4, -0.2) is 33.8 Å². The zero-order valence-electron chi connectivity index (χ0n) is 9.66. The molecule has 0 bridgehead atoms. The van der Waals surface area contributed by atoms with Crippen LogP contribution >= 0.6 is 11.8 Å². The molecule has 1 aliphatic rings. The average molecular weight is 232 g/mol. The number of thioether (sulfide) groups is 1. The fourth-order valence-corrected chi connectivity index (χ4v) is 2.84. The van der Waals surface area contributed by atoms with Gasteiger partial charge in [-0.25, -0.2) is 0 Å². The van der Waals surface area contributed by atoms with E-state index in [2.05, 4.69) is 13.8 Å². The van der Waals surface area contributed by atoms with Crippen molar-refractivity contribution in [3.8, 4) is 0 Å². The molecule has 0 saturated carbocycles. The number of hydrogen-bond acceptors (Lipinski definition) is 3. The third-order valence-electron chi connectivity index (χ3n) is 2.68. The van der Waals surface area contributed by atoms with Crippen LogP contribution in [0.1, 0.15) is 40.0 Å². The van der Waals surface area contributed by atoms with E-state index in [0.717, 1.165) is 18.6 Å². The Kier molecular flexibility index (Phi) is 4.46. The second kappa shape index (κ2) is 5.21. The number of carboxylic acids is 1. The third kappa shape index (κ3) is 4.03. The first-order valence-electron chi connectivity index (χ1n) is 5.47. The first kappa shape index (κ1) is 12.8. The molecule has 88 valence electrons. The molecule has 1 rings (SSSR count). The van der Waals surface area contributed by atoms with Crippen LogP contribution in [0.3, 0.4) is 0 Å². The lowest BCUT2D eigenvalue weighted by atomic mass is 10.1. The van der Waals surface area contributed by atoms with E-state index in [9.17, 15) is 4.79 Å². The zero-order chi connectivity index (χ0) is 11.5. The minimum absolute atomic E-state index is 0.0177. The smallest absolute Gasteiger partial charge is 0.316 e. The van der Waals surface area contributed by atoms with Crippen LogP contribution in [0.2, 0.25) is 0 Å². The Bertz CT molecular complexity index is 228. The summed E-state index contributed by atoms with van der Waals surface area (Å²) in [7, 11) is 0. The van der Waals surface area contributed by atoms with Gasteiger partial charge in [0.2, 0.25) is 0 Å². The predicted octanol–water partition coefficient (Wildman–Crippen LogP) is 2.54. The SMILES string of the molecule is CCC(SCC1CCC(C)(C)O1)C(=O)O. The van der Waals surface area contributed by atoms with Gasteiger partial charge in [-0.15, -0.1) is 11.8 Å². The number of hydrogen-bond donors (Lipinski definition) is 1. The van der Waals surface area contributed by atoms with Gasteiger partial charge in [-0.3, -0.25) is 4.79 Å². The predicted molar refractivity (Wildman–Crippen MR) is 62.4 cm³/mol. The van der Waals surface area contributed by atoms with Gasteiger partial charge >= 0.3 is 5.97 Å². The molecule has 1 heterocycles. The van der Waals surface area contributed by atoms with Crippen LogP contribution in [0.25, 0.3) is 0 Å². The normalized spacial score (nSPS) is 26.5. The van der Waals surface area contributed by atoms with Crippen molar-refractivity contribution in [1.29, 1.82) is 0 Å². The van der Waals surface area contributed by atoms with Crippen molar-refractivity contribution in [2.75, 3.05) is 5.75 Å². The zero-order valence-corrected chi connectivity index (χ0v) is 10.5. The van der Waals surface area contributed by atoms with Crippen molar-refractivity contribution < 1.29 is 14.6 Å². The van der Waals surface area contributed by atoms with Gasteiger partial charge in [0.15, 0.2) is 0 Å². The Balaban J connectivity index is 2.29. The van der Waals surface area contributed by atoms with Gasteiger partial charge in [0.1, 0.15) is 5.25 Å². The maximum atomic E-state index is 10.8. The molecule has 0 radical (unpaired) electrons. The molecule has 1 saturated heterocycles. The minimum atomic E-state index is -0.709. The van der Waals surface area contributed by atoms with Crippen molar-refractivity contribution in [2.45, 2.75) is 57.0 Å². The lowest BCUT2D eigenvalue weighted by Gasteiger charge is -2.19. The molecule has 0 aromatic carbocycles. The van der Waals surface area contributed by atoms with E-state index in [1.165, 1.54) is 11.8 Å². The van der Waals surface area contributed by atoms with E-state index in [1.807, 2.05) is 6.92 Å². The van der Waals surface area contributed by atoms with Crippen LogP contribution in [0.5, 0.6) is 0 Å². The molecule has 0 aromatic heterocycles. The third-order valence-corrected chi connectivity index (χ3v) is 4.19. The molecule has 4 heteroatoms. The van der Waals surface area contributed by atoms with E-state index in [1.54, 1.807) is 0 Å². The van der Waals surface area contributed by atoms with Crippen molar-refractivity contribution in [1.82, 2.24) is 0 Å². The van der Waals surface area contributed by atoms with Gasteiger partial charge in [0.05, 0.1) is 11.7 Å². The molecule has 2 atom stereocenters. The molecule has 1 fully saturated rings. The monoisotopic (exact) mass is 232 g/mol. The van der Waals surface area contributed by atoms with E-state index >= 15 is 0 Å². The Labute approximate surface area is 95.6 Å². The van der Waals surface area contributed by atoms with Crippen molar-refractivity contribution >= 4 is 17.7 Å². The molecule has 15 heavy (non-hydrogen) atoms. The van der Waals surface area contributed by atoms with Crippen LogP contribution < -0.4 is 0 Å². The molecule has 0 aromatic rings. The molecular weight excluding hydrogens is 212 g/mol.